The molecule has 0 radical (unpaired) electrons. The smallest absolute Gasteiger partial charge is 0.253 e. The molecule has 2 atom stereocenters. The highest BCUT2D eigenvalue weighted by molar-refractivity contribution is 6.02. The summed E-state index contributed by atoms with van der Waals surface area (Å²) >= 11 is 0. The summed E-state index contributed by atoms with van der Waals surface area (Å²) in [6.07, 6.45) is 9.33. The first-order chi connectivity index (χ1) is 19.8. The van der Waals surface area contributed by atoms with Gasteiger partial charge in [-0.05, 0) is 94.0 Å². The van der Waals surface area contributed by atoms with Gasteiger partial charge in [0.05, 0.1) is 25.4 Å². The van der Waals surface area contributed by atoms with E-state index in [1.54, 1.807) is 4.57 Å². The highest BCUT2D eigenvalue weighted by Crippen LogP contribution is 2.30. The van der Waals surface area contributed by atoms with Gasteiger partial charge in [-0.15, -0.1) is 0 Å². The van der Waals surface area contributed by atoms with E-state index >= 15 is 0 Å². The molecule has 0 spiro atoms. The number of hydrogen-bond donors (Lipinski definition) is 1. The Balaban J connectivity index is 1.42. The average molecular weight is 564 g/mol. The molecule has 1 N–H and O–H groups in total. The Morgan fingerprint density at radius 2 is 1.93 bits per heavy atom. The van der Waals surface area contributed by atoms with Crippen molar-refractivity contribution in [3.8, 4) is 0 Å². The molecule has 2 fully saturated rings. The molecule has 2 saturated heterocycles. The largest absolute Gasteiger partial charge is 0.492 e. The lowest BCUT2D eigenvalue weighted by atomic mass is 9.91. The van der Waals surface area contributed by atoms with Crippen molar-refractivity contribution in [1.82, 2.24) is 9.88 Å². The second-order valence-corrected chi connectivity index (χ2v) is 11.7. The lowest BCUT2D eigenvalue weighted by Gasteiger charge is -2.22. The van der Waals surface area contributed by atoms with Gasteiger partial charge >= 0.3 is 0 Å². The lowest BCUT2D eigenvalue weighted by molar-refractivity contribution is 0.0645. The molecule has 0 amide bonds. The Morgan fingerprint density at radius 1 is 1.15 bits per heavy atom. The summed E-state index contributed by atoms with van der Waals surface area (Å²) in [5, 5.41) is 3.50. The molecule has 2 aliphatic heterocycles. The fraction of sp³-hybridized carbons (Fsp3) is 0.588. The van der Waals surface area contributed by atoms with Crippen LogP contribution >= 0.6 is 0 Å². The standard InChI is InChI=1S/C34H49N3O4/c1-6-28(11-15-35-21-26(4)41-31-14-18-40-23-31)29-8-10-32(24(2)19-29)36-33(9-7-27-12-16-39-17-13-27)30-20-25(3)34(38)37(5)22-30/h8,10,19-20,22,27-28,31,35H,4,6-7,9,11-18,21,23H2,1-3,5H3/b36-33+/t28?,31-/m0/s1. The second-order valence-electron chi connectivity index (χ2n) is 11.7. The van der Waals surface area contributed by atoms with E-state index in [4.69, 9.17) is 19.2 Å². The van der Waals surface area contributed by atoms with Crippen molar-refractivity contribution in [2.75, 3.05) is 39.5 Å². The topological polar surface area (TPSA) is 74.1 Å². The van der Waals surface area contributed by atoms with Crippen LogP contribution in [-0.4, -0.2) is 55.9 Å². The van der Waals surface area contributed by atoms with E-state index in [2.05, 4.69) is 43.9 Å². The van der Waals surface area contributed by atoms with Crippen molar-refractivity contribution in [3.05, 3.63) is 75.4 Å². The Kier molecular flexibility index (Phi) is 11.8. The van der Waals surface area contributed by atoms with Crippen LogP contribution in [0.15, 0.2) is 52.6 Å². The fourth-order valence-electron chi connectivity index (χ4n) is 5.87. The fourth-order valence-corrected chi connectivity index (χ4v) is 5.87. The molecular formula is C34H49N3O4. The number of aryl methyl sites for hydroxylation is 3. The van der Waals surface area contributed by atoms with E-state index in [9.17, 15) is 4.79 Å². The molecule has 2 aliphatic rings. The van der Waals surface area contributed by atoms with Gasteiger partial charge in [-0.25, -0.2) is 0 Å². The first kappa shape index (κ1) is 31.2. The summed E-state index contributed by atoms with van der Waals surface area (Å²) in [5.74, 6) is 1.91. The van der Waals surface area contributed by atoms with Crippen LogP contribution in [0.25, 0.3) is 0 Å². The van der Waals surface area contributed by atoms with E-state index in [1.807, 2.05) is 26.2 Å². The first-order valence-electron chi connectivity index (χ1n) is 15.4. The molecule has 41 heavy (non-hydrogen) atoms. The molecule has 1 aromatic heterocycles. The molecule has 224 valence electrons. The number of aromatic nitrogens is 1. The van der Waals surface area contributed by atoms with Gasteiger partial charge < -0.3 is 24.1 Å². The van der Waals surface area contributed by atoms with Crippen molar-refractivity contribution in [2.24, 2.45) is 18.0 Å². The summed E-state index contributed by atoms with van der Waals surface area (Å²) in [5.41, 5.74) is 6.40. The number of aliphatic imine (C=N–C) groups is 1. The van der Waals surface area contributed by atoms with Gasteiger partial charge in [0.15, 0.2) is 0 Å². The Hall–Kier alpha value is -2.74. The molecule has 0 aliphatic carbocycles. The minimum absolute atomic E-state index is 0.0402. The van der Waals surface area contributed by atoms with E-state index in [0.29, 0.717) is 25.0 Å². The number of pyridine rings is 1. The summed E-state index contributed by atoms with van der Waals surface area (Å²) in [4.78, 5) is 17.6. The van der Waals surface area contributed by atoms with Gasteiger partial charge in [0.2, 0.25) is 0 Å². The Bertz CT molecular complexity index is 1210. The maximum atomic E-state index is 12.4. The maximum Gasteiger partial charge on any atom is 0.253 e. The van der Waals surface area contributed by atoms with Gasteiger partial charge in [0.1, 0.15) is 11.9 Å². The maximum absolute atomic E-state index is 12.4. The summed E-state index contributed by atoms with van der Waals surface area (Å²) < 4.78 is 18.5. The molecule has 4 rings (SSSR count). The number of benzene rings is 1. The van der Waals surface area contributed by atoms with Crippen LogP contribution in [0.3, 0.4) is 0 Å². The highest BCUT2D eigenvalue weighted by Gasteiger charge is 2.19. The van der Waals surface area contributed by atoms with Gasteiger partial charge in [0.25, 0.3) is 5.56 Å². The van der Waals surface area contributed by atoms with Gasteiger partial charge in [0, 0.05) is 49.7 Å². The molecule has 2 aromatic rings. The highest BCUT2D eigenvalue weighted by atomic mass is 16.5. The van der Waals surface area contributed by atoms with Crippen molar-refractivity contribution < 1.29 is 14.2 Å². The second kappa shape index (κ2) is 15.5. The van der Waals surface area contributed by atoms with Gasteiger partial charge in [-0.3, -0.25) is 9.79 Å². The van der Waals surface area contributed by atoms with E-state index in [-0.39, 0.29) is 11.7 Å². The monoisotopic (exact) mass is 563 g/mol. The van der Waals surface area contributed by atoms with Crippen molar-refractivity contribution in [2.45, 2.75) is 77.7 Å². The van der Waals surface area contributed by atoms with E-state index < -0.39 is 0 Å². The molecular weight excluding hydrogens is 514 g/mol. The van der Waals surface area contributed by atoms with Crippen LogP contribution in [0.1, 0.15) is 80.0 Å². The van der Waals surface area contributed by atoms with Crippen molar-refractivity contribution in [1.29, 1.82) is 0 Å². The third-order valence-corrected chi connectivity index (χ3v) is 8.48. The van der Waals surface area contributed by atoms with Crippen LogP contribution < -0.4 is 10.9 Å². The molecule has 7 nitrogen and oxygen atoms in total. The number of nitrogens with one attached hydrogen (secondary N) is 1. The van der Waals surface area contributed by atoms with E-state index in [1.165, 1.54) is 11.1 Å². The predicted molar refractivity (Wildman–Crippen MR) is 167 cm³/mol. The van der Waals surface area contributed by atoms with Gasteiger partial charge in [-0.2, -0.15) is 0 Å². The number of nitrogens with zero attached hydrogens (tertiary/aromatic N) is 2. The SMILES string of the molecule is C=C(CNCCC(CC)c1ccc(/N=C(\CCC2CCOCC2)c2cc(C)c(=O)n(C)c2)c(C)c1)O[C@H]1CCOC1. The van der Waals surface area contributed by atoms with Crippen LogP contribution in [0.5, 0.6) is 0 Å². The zero-order valence-electron chi connectivity index (χ0n) is 25.5. The molecule has 7 heteroatoms. The lowest BCUT2D eigenvalue weighted by Crippen LogP contribution is -2.23. The number of hydrogen-bond acceptors (Lipinski definition) is 6. The summed E-state index contributed by atoms with van der Waals surface area (Å²) in [6, 6.07) is 8.71. The third kappa shape index (κ3) is 9.12. The van der Waals surface area contributed by atoms with Crippen LogP contribution in [0, 0.1) is 19.8 Å². The third-order valence-electron chi connectivity index (χ3n) is 8.48. The molecule has 1 unspecified atom stereocenters. The Morgan fingerprint density at radius 3 is 2.61 bits per heavy atom. The molecule has 1 aromatic carbocycles. The molecule has 3 heterocycles. The molecule has 0 saturated carbocycles. The zero-order valence-corrected chi connectivity index (χ0v) is 25.5. The minimum Gasteiger partial charge on any atom is -0.492 e. The summed E-state index contributed by atoms with van der Waals surface area (Å²) in [6.45, 7) is 15.1. The van der Waals surface area contributed by atoms with Gasteiger partial charge in [-0.1, -0.05) is 25.6 Å². The summed E-state index contributed by atoms with van der Waals surface area (Å²) in [7, 11) is 1.82. The average Bonchev–Trinajstić information content (AvgIpc) is 3.48. The van der Waals surface area contributed by atoms with Crippen molar-refractivity contribution in [3.63, 3.8) is 0 Å². The quantitative estimate of drug-likeness (QED) is 0.170. The minimum atomic E-state index is 0.0402. The number of ether oxygens (including phenoxy) is 3. The van der Waals surface area contributed by atoms with Crippen LogP contribution in [-0.2, 0) is 21.3 Å². The Labute approximate surface area is 246 Å². The predicted octanol–water partition coefficient (Wildman–Crippen LogP) is 6.12. The van der Waals surface area contributed by atoms with E-state index in [0.717, 1.165) is 99.6 Å². The van der Waals surface area contributed by atoms with Crippen molar-refractivity contribution >= 4 is 11.4 Å². The normalized spacial score (nSPS) is 18.9. The van der Waals surface area contributed by atoms with Crippen LogP contribution in [0.2, 0.25) is 0 Å². The molecule has 0 bridgehead atoms. The zero-order chi connectivity index (χ0) is 29.2. The number of rotatable bonds is 14. The van der Waals surface area contributed by atoms with Crippen LogP contribution in [0.4, 0.5) is 5.69 Å². The first-order valence-corrected chi connectivity index (χ1v) is 15.4.